The van der Waals surface area contributed by atoms with Crippen LogP contribution in [0.3, 0.4) is 0 Å². The molecule has 3 rings (SSSR count). The smallest absolute Gasteiger partial charge is 0.349 e. The van der Waals surface area contributed by atoms with Gasteiger partial charge in [-0.2, -0.15) is 0 Å². The number of carbonyl (C=O) groups is 2. The first-order valence-electron chi connectivity index (χ1n) is 9.65. The summed E-state index contributed by atoms with van der Waals surface area (Å²) in [4.78, 5) is 25.4. The summed E-state index contributed by atoms with van der Waals surface area (Å²) in [7, 11) is 0. The SMILES string of the molecule is CC[C@@H](NC(=O)COC(=O)c1sccc1-c1ccc(C)cc1)c1ccc(C)cc1. The van der Waals surface area contributed by atoms with E-state index < -0.39 is 5.97 Å². The number of hydrogen-bond donors (Lipinski definition) is 1. The predicted molar refractivity (Wildman–Crippen MR) is 117 cm³/mol. The van der Waals surface area contributed by atoms with Gasteiger partial charge in [0.2, 0.25) is 0 Å². The van der Waals surface area contributed by atoms with Crippen LogP contribution >= 0.6 is 11.3 Å². The van der Waals surface area contributed by atoms with E-state index >= 15 is 0 Å². The number of esters is 1. The second-order valence-corrected chi connectivity index (χ2v) is 7.96. The standard InChI is InChI=1S/C24H25NO3S/c1-4-21(19-11-7-17(3)8-12-19)25-22(26)15-28-24(27)23-20(13-14-29-23)18-9-5-16(2)6-10-18/h5-14,21H,4,15H2,1-3H3,(H,25,26)/t21-/m1/s1. The molecule has 1 heterocycles. The second kappa shape index (κ2) is 9.52. The summed E-state index contributed by atoms with van der Waals surface area (Å²) in [5.41, 5.74) is 5.15. The monoisotopic (exact) mass is 407 g/mol. The number of hydrogen-bond acceptors (Lipinski definition) is 4. The van der Waals surface area contributed by atoms with Crippen LogP contribution in [0, 0.1) is 13.8 Å². The molecule has 1 atom stereocenters. The predicted octanol–water partition coefficient (Wildman–Crippen LogP) is 5.46. The average molecular weight is 408 g/mol. The molecule has 0 bridgehead atoms. The fourth-order valence-electron chi connectivity index (χ4n) is 3.08. The Bertz CT molecular complexity index is 974. The van der Waals surface area contributed by atoms with E-state index in [0.717, 1.165) is 28.7 Å². The van der Waals surface area contributed by atoms with Gasteiger partial charge < -0.3 is 10.1 Å². The van der Waals surface area contributed by atoms with E-state index in [2.05, 4.69) is 5.32 Å². The van der Waals surface area contributed by atoms with Crippen LogP contribution in [0.25, 0.3) is 11.1 Å². The Morgan fingerprint density at radius 1 is 0.966 bits per heavy atom. The van der Waals surface area contributed by atoms with Gasteiger partial charge in [0, 0.05) is 5.56 Å². The molecule has 0 aliphatic rings. The molecule has 0 saturated carbocycles. The Hall–Kier alpha value is -2.92. The number of thiophene rings is 1. The summed E-state index contributed by atoms with van der Waals surface area (Å²) in [5.74, 6) is -0.784. The van der Waals surface area contributed by atoms with Crippen LogP contribution in [0.2, 0.25) is 0 Å². The summed E-state index contributed by atoms with van der Waals surface area (Å²) in [6.45, 7) is 5.76. The molecule has 0 spiro atoms. The average Bonchev–Trinajstić information content (AvgIpc) is 3.21. The number of aryl methyl sites for hydroxylation is 2. The highest BCUT2D eigenvalue weighted by Gasteiger charge is 2.19. The molecule has 29 heavy (non-hydrogen) atoms. The van der Waals surface area contributed by atoms with Gasteiger partial charge in [0.15, 0.2) is 6.61 Å². The van der Waals surface area contributed by atoms with E-state index in [0.29, 0.717) is 4.88 Å². The van der Waals surface area contributed by atoms with E-state index in [1.54, 1.807) is 0 Å². The molecule has 1 amide bonds. The molecule has 0 aliphatic heterocycles. The van der Waals surface area contributed by atoms with Crippen LogP contribution in [0.5, 0.6) is 0 Å². The molecule has 4 nitrogen and oxygen atoms in total. The lowest BCUT2D eigenvalue weighted by Gasteiger charge is -2.17. The summed E-state index contributed by atoms with van der Waals surface area (Å²) < 4.78 is 5.29. The molecule has 1 N–H and O–H groups in total. The normalized spacial score (nSPS) is 11.7. The minimum atomic E-state index is -0.478. The van der Waals surface area contributed by atoms with Crippen molar-refractivity contribution in [3.8, 4) is 11.1 Å². The maximum absolute atomic E-state index is 12.5. The topological polar surface area (TPSA) is 55.4 Å². The Balaban J connectivity index is 1.60. The van der Waals surface area contributed by atoms with Gasteiger partial charge in [0.05, 0.1) is 6.04 Å². The third-order valence-corrected chi connectivity index (χ3v) is 5.67. The lowest BCUT2D eigenvalue weighted by atomic mass is 10.0. The van der Waals surface area contributed by atoms with Gasteiger partial charge in [-0.1, -0.05) is 66.6 Å². The van der Waals surface area contributed by atoms with Gasteiger partial charge in [0.1, 0.15) is 4.88 Å². The summed E-state index contributed by atoms with van der Waals surface area (Å²) in [5, 5.41) is 4.80. The zero-order valence-corrected chi connectivity index (χ0v) is 17.7. The van der Waals surface area contributed by atoms with E-state index in [4.69, 9.17) is 4.74 Å². The van der Waals surface area contributed by atoms with Crippen molar-refractivity contribution in [3.05, 3.63) is 81.5 Å². The fourth-order valence-corrected chi connectivity index (χ4v) is 3.89. The van der Waals surface area contributed by atoms with E-state index in [1.165, 1.54) is 16.9 Å². The number of carbonyl (C=O) groups excluding carboxylic acids is 2. The number of ether oxygens (including phenoxy) is 1. The third kappa shape index (κ3) is 5.33. The maximum atomic E-state index is 12.5. The van der Waals surface area contributed by atoms with Crippen LogP contribution in [-0.2, 0) is 9.53 Å². The van der Waals surface area contributed by atoms with E-state index in [9.17, 15) is 9.59 Å². The van der Waals surface area contributed by atoms with Crippen LogP contribution in [0.15, 0.2) is 60.0 Å². The van der Waals surface area contributed by atoms with Crippen molar-refractivity contribution in [2.45, 2.75) is 33.2 Å². The zero-order chi connectivity index (χ0) is 20.8. The number of benzene rings is 2. The molecule has 0 unspecified atom stereocenters. The van der Waals surface area contributed by atoms with Gasteiger partial charge in [-0.15, -0.1) is 11.3 Å². The first-order valence-corrected chi connectivity index (χ1v) is 10.5. The summed E-state index contributed by atoms with van der Waals surface area (Å²) >= 11 is 1.32. The lowest BCUT2D eigenvalue weighted by Crippen LogP contribution is -2.32. The molecule has 3 aromatic rings. The van der Waals surface area contributed by atoms with Crippen molar-refractivity contribution >= 4 is 23.2 Å². The molecule has 5 heteroatoms. The largest absolute Gasteiger partial charge is 0.451 e. The highest BCUT2D eigenvalue weighted by atomic mass is 32.1. The third-order valence-electron chi connectivity index (χ3n) is 4.77. The van der Waals surface area contributed by atoms with Gasteiger partial charge in [-0.3, -0.25) is 4.79 Å². The quantitative estimate of drug-likeness (QED) is 0.529. The van der Waals surface area contributed by atoms with Crippen LogP contribution in [0.1, 0.15) is 45.7 Å². The van der Waals surface area contributed by atoms with Crippen molar-refractivity contribution in [2.75, 3.05) is 6.61 Å². The number of nitrogens with one attached hydrogen (secondary N) is 1. The maximum Gasteiger partial charge on any atom is 0.349 e. The number of amides is 1. The molecule has 0 saturated heterocycles. The lowest BCUT2D eigenvalue weighted by molar-refractivity contribution is -0.125. The van der Waals surface area contributed by atoms with E-state index in [-0.39, 0.29) is 18.6 Å². The summed E-state index contributed by atoms with van der Waals surface area (Å²) in [6, 6.07) is 17.8. The van der Waals surface area contributed by atoms with Crippen LogP contribution in [0.4, 0.5) is 0 Å². The second-order valence-electron chi connectivity index (χ2n) is 7.04. The number of rotatable bonds is 7. The van der Waals surface area contributed by atoms with Crippen molar-refractivity contribution < 1.29 is 14.3 Å². The molecule has 1 aromatic heterocycles. The first-order chi connectivity index (χ1) is 14.0. The molecular formula is C24H25NO3S. The molecule has 0 radical (unpaired) electrons. The Morgan fingerprint density at radius 3 is 2.21 bits per heavy atom. The zero-order valence-electron chi connectivity index (χ0n) is 16.9. The molecule has 0 fully saturated rings. The van der Waals surface area contributed by atoms with Crippen LogP contribution < -0.4 is 5.32 Å². The van der Waals surface area contributed by atoms with Crippen molar-refractivity contribution in [2.24, 2.45) is 0 Å². The Labute approximate surface area is 175 Å². The van der Waals surface area contributed by atoms with Crippen LogP contribution in [-0.4, -0.2) is 18.5 Å². The van der Waals surface area contributed by atoms with Gasteiger partial charge in [-0.05, 0) is 42.8 Å². The molecule has 150 valence electrons. The molecule has 0 aliphatic carbocycles. The van der Waals surface area contributed by atoms with Gasteiger partial charge in [0.25, 0.3) is 5.91 Å². The summed E-state index contributed by atoms with van der Waals surface area (Å²) in [6.07, 6.45) is 0.755. The molecule has 2 aromatic carbocycles. The van der Waals surface area contributed by atoms with Crippen molar-refractivity contribution in [3.63, 3.8) is 0 Å². The minimum Gasteiger partial charge on any atom is -0.451 e. The van der Waals surface area contributed by atoms with Gasteiger partial charge >= 0.3 is 5.97 Å². The Morgan fingerprint density at radius 2 is 1.59 bits per heavy atom. The highest BCUT2D eigenvalue weighted by molar-refractivity contribution is 7.12. The Kier molecular flexibility index (Phi) is 6.83. The van der Waals surface area contributed by atoms with Crippen molar-refractivity contribution in [1.29, 1.82) is 0 Å². The van der Waals surface area contributed by atoms with Gasteiger partial charge in [-0.25, -0.2) is 4.79 Å². The van der Waals surface area contributed by atoms with E-state index in [1.807, 2.05) is 80.7 Å². The highest BCUT2D eigenvalue weighted by Crippen LogP contribution is 2.29. The molecular weight excluding hydrogens is 382 g/mol. The fraction of sp³-hybridized carbons (Fsp3) is 0.250. The van der Waals surface area contributed by atoms with Crippen molar-refractivity contribution in [1.82, 2.24) is 5.32 Å². The minimum absolute atomic E-state index is 0.105. The first kappa shape index (κ1) is 20.8.